The molecule has 0 spiro atoms. The van der Waals surface area contributed by atoms with E-state index in [9.17, 15) is 9.59 Å². The number of hydrogen-bond donors (Lipinski definition) is 0. The van der Waals surface area contributed by atoms with Crippen molar-refractivity contribution in [2.75, 3.05) is 7.11 Å². The highest BCUT2D eigenvalue weighted by molar-refractivity contribution is 8.01. The van der Waals surface area contributed by atoms with E-state index in [1.807, 2.05) is 74.5 Å². The molecule has 5 rings (SSSR count). The van der Waals surface area contributed by atoms with Crippen molar-refractivity contribution in [1.29, 1.82) is 0 Å². The fraction of sp³-hybridized carbons (Fsp3) is 0.562. The third-order valence-electron chi connectivity index (χ3n) is 9.70. The highest BCUT2D eigenvalue weighted by atomic mass is 32.2. The topological polar surface area (TPSA) is 74.3 Å². The van der Waals surface area contributed by atoms with Crippen molar-refractivity contribution in [3.05, 3.63) is 66.2 Å². The molecule has 2 aromatic carbocycles. The second-order valence-electron chi connectivity index (χ2n) is 13.2. The minimum absolute atomic E-state index is 0.00494. The van der Waals surface area contributed by atoms with Gasteiger partial charge in [0, 0.05) is 18.4 Å². The van der Waals surface area contributed by atoms with Gasteiger partial charge in [0.25, 0.3) is 0 Å². The van der Waals surface area contributed by atoms with Gasteiger partial charge in [-0.15, -0.1) is 11.8 Å². The van der Waals surface area contributed by atoms with Gasteiger partial charge in [-0.2, -0.15) is 0 Å². The van der Waals surface area contributed by atoms with Crippen molar-refractivity contribution in [2.45, 2.75) is 105 Å². The smallest absolute Gasteiger partial charge is 0.330 e. The van der Waals surface area contributed by atoms with Gasteiger partial charge < -0.3 is 23.5 Å². The Morgan fingerprint density at radius 3 is 2.32 bits per heavy atom. The molecule has 1 amide bonds. The molecule has 0 N–H and O–H groups in total. The Morgan fingerprint density at radius 2 is 1.73 bits per heavy atom. The van der Waals surface area contributed by atoms with Crippen LogP contribution in [-0.2, 0) is 34.8 Å². The van der Waals surface area contributed by atoms with E-state index >= 15 is 0 Å². The van der Waals surface area contributed by atoms with Gasteiger partial charge in [0.15, 0.2) is 14.6 Å². The van der Waals surface area contributed by atoms with Gasteiger partial charge in [0.1, 0.15) is 18.2 Å². The summed E-state index contributed by atoms with van der Waals surface area (Å²) in [6, 6.07) is 18.4. The van der Waals surface area contributed by atoms with Crippen molar-refractivity contribution < 1.29 is 28.2 Å². The van der Waals surface area contributed by atoms with Gasteiger partial charge in [0.2, 0.25) is 5.91 Å². The lowest BCUT2D eigenvalue weighted by molar-refractivity contribution is -0.203. The van der Waals surface area contributed by atoms with Gasteiger partial charge in [-0.1, -0.05) is 69.3 Å². The van der Waals surface area contributed by atoms with E-state index in [1.54, 1.807) is 23.8 Å². The molecule has 0 saturated carbocycles. The normalized spacial score (nSPS) is 31.8. The minimum Gasteiger partial charge on any atom is -0.459 e. The van der Waals surface area contributed by atoms with Crippen molar-refractivity contribution in [3.63, 3.8) is 0 Å². The molecule has 0 aliphatic carbocycles. The Hall–Kier alpha value is -2.17. The Morgan fingerprint density at radius 1 is 1.12 bits per heavy atom. The number of thioether (sulfide) groups is 1. The van der Waals surface area contributed by atoms with E-state index in [0.29, 0.717) is 6.42 Å². The zero-order valence-corrected chi connectivity index (χ0v) is 27.2. The number of carbonyl (C=O) groups excluding carboxylic acids is 2. The van der Waals surface area contributed by atoms with Crippen molar-refractivity contribution in [1.82, 2.24) is 4.90 Å². The Labute approximate surface area is 249 Å². The van der Waals surface area contributed by atoms with Crippen LogP contribution in [0.4, 0.5) is 0 Å². The number of ether oxygens (including phenoxy) is 3. The molecule has 0 aromatic heterocycles. The average Bonchev–Trinajstić information content (AvgIpc) is 3.29. The Bertz CT molecular complexity index is 1270. The SMILES string of the molecule is COC1C[C@@]2(Sc3ccccc3)[C@H](C(=O)OCc3ccccc3)N3C(=O)[C@H]([C@@H](C)O[Si](C)(C)C(C)(C)C)[C@H]3[C@@]2(C)O1. The van der Waals surface area contributed by atoms with Gasteiger partial charge >= 0.3 is 5.97 Å². The van der Waals surface area contributed by atoms with Crippen LogP contribution in [0.2, 0.25) is 18.1 Å². The van der Waals surface area contributed by atoms with Gasteiger partial charge in [-0.3, -0.25) is 4.79 Å². The molecule has 2 aromatic rings. The summed E-state index contributed by atoms with van der Waals surface area (Å²) in [5.41, 5.74) is 0.0124. The number of benzene rings is 2. The molecule has 222 valence electrons. The average molecular weight is 598 g/mol. The van der Waals surface area contributed by atoms with E-state index in [2.05, 4.69) is 33.9 Å². The standard InChI is InChI=1S/C32H43NO6SSi/c1-21(39-41(7,8)30(2,3)4)25-26-31(5)32(19-24(36-6)38-31,40-23-17-13-10-14-18-23)27(33(26)28(25)34)29(35)37-20-22-15-11-9-12-16-22/h9-18,21,24-27H,19-20H2,1-8H3/t21-,24?,25-,26+,27+,31-,32-/m1/s1. The van der Waals surface area contributed by atoms with Crippen molar-refractivity contribution in [2.24, 2.45) is 5.92 Å². The maximum Gasteiger partial charge on any atom is 0.330 e. The number of methoxy groups -OCH3 is 1. The largest absolute Gasteiger partial charge is 0.459 e. The van der Waals surface area contributed by atoms with Crippen molar-refractivity contribution in [3.8, 4) is 0 Å². The predicted molar refractivity (Wildman–Crippen MR) is 162 cm³/mol. The molecular weight excluding hydrogens is 555 g/mol. The first-order valence-corrected chi connectivity index (χ1v) is 18.1. The molecule has 1 unspecified atom stereocenters. The lowest BCUT2D eigenvalue weighted by atomic mass is 9.74. The van der Waals surface area contributed by atoms with Crippen molar-refractivity contribution >= 4 is 32.0 Å². The van der Waals surface area contributed by atoms with Crippen LogP contribution in [-0.4, -0.2) is 67.0 Å². The number of hydrogen-bond acceptors (Lipinski definition) is 7. The first-order chi connectivity index (χ1) is 19.3. The number of nitrogens with zero attached hydrogens (tertiary/aromatic N) is 1. The third-order valence-corrected chi connectivity index (χ3v) is 15.9. The molecule has 3 aliphatic rings. The zero-order valence-electron chi connectivity index (χ0n) is 25.4. The molecule has 9 heteroatoms. The summed E-state index contributed by atoms with van der Waals surface area (Å²) in [5.74, 6) is -0.937. The Balaban J connectivity index is 1.54. The minimum atomic E-state index is -2.17. The molecule has 3 saturated heterocycles. The summed E-state index contributed by atoms with van der Waals surface area (Å²) < 4.78 is 24.4. The lowest BCUT2D eigenvalue weighted by Crippen LogP contribution is -2.70. The van der Waals surface area contributed by atoms with Crippen LogP contribution in [0, 0.1) is 5.92 Å². The number of esters is 1. The van der Waals surface area contributed by atoms with Gasteiger partial charge in [0.05, 0.1) is 22.8 Å². The van der Waals surface area contributed by atoms with E-state index in [1.165, 1.54) is 0 Å². The van der Waals surface area contributed by atoms with Crippen LogP contribution >= 0.6 is 11.8 Å². The van der Waals surface area contributed by atoms with Crippen LogP contribution in [0.25, 0.3) is 0 Å². The van der Waals surface area contributed by atoms with Crippen LogP contribution in [0.15, 0.2) is 65.6 Å². The molecular formula is C32H43NO6SSi. The van der Waals surface area contributed by atoms with E-state index in [0.717, 1.165) is 10.5 Å². The summed E-state index contributed by atoms with van der Waals surface area (Å²) in [7, 11) is -0.539. The van der Waals surface area contributed by atoms with E-state index < -0.39 is 42.9 Å². The molecule has 41 heavy (non-hydrogen) atoms. The van der Waals surface area contributed by atoms with Gasteiger partial charge in [-0.05, 0) is 49.7 Å². The summed E-state index contributed by atoms with van der Waals surface area (Å²) in [5, 5.41) is -0.00494. The van der Waals surface area contributed by atoms with Crippen LogP contribution in [0.5, 0.6) is 0 Å². The molecule has 3 aliphatic heterocycles. The quantitative estimate of drug-likeness (QED) is 0.198. The second-order valence-corrected chi connectivity index (χ2v) is 19.4. The lowest BCUT2D eigenvalue weighted by Gasteiger charge is -2.52. The second kappa shape index (κ2) is 10.8. The maximum absolute atomic E-state index is 14.1. The molecule has 3 fully saturated rings. The first kappa shape index (κ1) is 30.3. The van der Waals surface area contributed by atoms with Crippen LogP contribution in [0.3, 0.4) is 0 Å². The number of carbonyl (C=O) groups is 2. The zero-order chi connectivity index (χ0) is 29.8. The third kappa shape index (κ3) is 4.97. The van der Waals surface area contributed by atoms with Gasteiger partial charge in [-0.25, -0.2) is 4.79 Å². The fourth-order valence-corrected chi connectivity index (χ4v) is 9.59. The Kier molecular flexibility index (Phi) is 8.00. The van der Waals surface area contributed by atoms with Crippen LogP contribution < -0.4 is 0 Å². The summed E-state index contributed by atoms with van der Waals surface area (Å²) in [6.07, 6.45) is -0.407. The molecule has 7 atom stereocenters. The number of amides is 1. The first-order valence-electron chi connectivity index (χ1n) is 14.4. The molecule has 0 bridgehead atoms. The molecule has 7 nitrogen and oxygen atoms in total. The van der Waals surface area contributed by atoms with Crippen LogP contribution in [0.1, 0.15) is 46.6 Å². The molecule has 0 radical (unpaired) electrons. The monoisotopic (exact) mass is 597 g/mol. The number of β-lactam (4-membered cyclic amide) rings is 1. The highest BCUT2D eigenvalue weighted by Crippen LogP contribution is 2.66. The van der Waals surface area contributed by atoms with E-state index in [-0.39, 0.29) is 29.7 Å². The summed E-state index contributed by atoms with van der Waals surface area (Å²) in [4.78, 5) is 30.9. The summed E-state index contributed by atoms with van der Waals surface area (Å²) in [6.45, 7) is 15.2. The van der Waals surface area contributed by atoms with E-state index in [4.69, 9.17) is 18.6 Å². The number of rotatable bonds is 9. The number of fused-ring (bicyclic) bond motifs is 3. The highest BCUT2D eigenvalue weighted by Gasteiger charge is 2.81. The fourth-order valence-electron chi connectivity index (χ4n) is 6.54. The molecule has 3 heterocycles. The summed E-state index contributed by atoms with van der Waals surface area (Å²) >= 11 is 1.59. The predicted octanol–water partition coefficient (Wildman–Crippen LogP) is 6.03. The maximum atomic E-state index is 14.1.